The molecule has 2 aromatic heterocycles. The van der Waals surface area contributed by atoms with Crippen molar-refractivity contribution < 1.29 is 22.4 Å². The number of amides is 1. The van der Waals surface area contributed by atoms with Crippen LogP contribution in [-0.4, -0.2) is 51.0 Å². The smallest absolute Gasteiger partial charge is 0.350 e. The first-order valence-corrected chi connectivity index (χ1v) is 14.7. The Bertz CT molecular complexity index is 1980. The standard InChI is InChI=1S/C32H29ClF4N6O2/c1-6-22(44)41-11-12-42(17(5)14-41)30-18-13-20(33)24-23-19(7-8-21(34)25(23)35)32(36,37)40-27(24)29(18)43(31(45)39-30)28-16(4)9-10-38-26(28)15(2)3/h6-10,13,15,17,40H,1,11-12,14H2,2-5H3/t17-/m0/s1. The summed E-state index contributed by atoms with van der Waals surface area (Å²) >= 11 is 6.76. The minimum atomic E-state index is -3.87. The molecule has 2 aromatic carbocycles. The quantitative estimate of drug-likeness (QED) is 0.156. The zero-order chi connectivity index (χ0) is 32.5. The number of anilines is 2. The highest BCUT2D eigenvalue weighted by molar-refractivity contribution is 6.36. The first-order chi connectivity index (χ1) is 21.3. The average Bonchev–Trinajstić information content (AvgIpc) is 2.98. The minimum absolute atomic E-state index is 0.0480. The average molecular weight is 641 g/mol. The Morgan fingerprint density at radius 1 is 1.20 bits per heavy atom. The van der Waals surface area contributed by atoms with Gasteiger partial charge in [0.2, 0.25) is 5.91 Å². The molecule has 1 saturated heterocycles. The van der Waals surface area contributed by atoms with Gasteiger partial charge in [0.25, 0.3) is 0 Å². The topological polar surface area (TPSA) is 83.4 Å². The number of nitrogens with one attached hydrogen (secondary N) is 1. The number of benzene rings is 2. The Labute approximate surface area is 260 Å². The maximum Gasteiger partial charge on any atom is 0.354 e. The van der Waals surface area contributed by atoms with E-state index in [1.807, 2.05) is 20.8 Å². The molecule has 2 aliphatic heterocycles. The summed E-state index contributed by atoms with van der Waals surface area (Å²) in [6, 6.07) is 0.336. The summed E-state index contributed by atoms with van der Waals surface area (Å²) in [6.45, 7) is 11.7. The fraction of sp³-hybridized carbons (Fsp3) is 0.312. The number of alkyl halides is 2. The van der Waals surface area contributed by atoms with Crippen LogP contribution >= 0.6 is 11.6 Å². The monoisotopic (exact) mass is 640 g/mol. The molecule has 13 heteroatoms. The summed E-state index contributed by atoms with van der Waals surface area (Å²) in [5.74, 6) is -3.11. The van der Waals surface area contributed by atoms with Crippen LogP contribution in [0.5, 0.6) is 0 Å². The maximum atomic E-state index is 15.8. The molecule has 6 rings (SSSR count). The van der Waals surface area contributed by atoms with Crippen molar-refractivity contribution in [2.75, 3.05) is 29.9 Å². The van der Waals surface area contributed by atoms with E-state index in [0.717, 1.165) is 6.07 Å². The van der Waals surface area contributed by atoms with Crippen molar-refractivity contribution in [2.24, 2.45) is 0 Å². The summed E-state index contributed by atoms with van der Waals surface area (Å²) in [5.41, 5.74) is -1.47. The molecule has 0 saturated carbocycles. The first kappa shape index (κ1) is 30.6. The molecule has 0 aliphatic carbocycles. The number of carbonyl (C=O) groups excluding carboxylic acids is 1. The van der Waals surface area contributed by atoms with Crippen molar-refractivity contribution in [3.8, 4) is 16.8 Å². The highest BCUT2D eigenvalue weighted by atomic mass is 35.5. The number of fused-ring (bicyclic) bond motifs is 5. The Hall–Kier alpha value is -4.45. The van der Waals surface area contributed by atoms with E-state index in [1.54, 1.807) is 29.0 Å². The molecule has 8 nitrogen and oxygen atoms in total. The third-order valence-electron chi connectivity index (χ3n) is 8.38. The number of hydrogen-bond acceptors (Lipinski definition) is 6. The molecule has 234 valence electrons. The molecule has 0 spiro atoms. The lowest BCUT2D eigenvalue weighted by molar-refractivity contribution is -0.126. The number of aryl methyl sites for hydroxylation is 1. The van der Waals surface area contributed by atoms with Crippen LogP contribution in [0.25, 0.3) is 27.7 Å². The van der Waals surface area contributed by atoms with Gasteiger partial charge >= 0.3 is 11.7 Å². The van der Waals surface area contributed by atoms with Crippen LogP contribution in [-0.2, 0) is 10.8 Å². The lowest BCUT2D eigenvalue weighted by atomic mass is 9.90. The number of carbonyl (C=O) groups is 1. The fourth-order valence-electron chi connectivity index (χ4n) is 6.30. The van der Waals surface area contributed by atoms with Crippen LogP contribution < -0.4 is 15.9 Å². The van der Waals surface area contributed by atoms with Crippen molar-refractivity contribution in [3.63, 3.8) is 0 Å². The van der Waals surface area contributed by atoms with Gasteiger partial charge in [-0.05, 0) is 55.7 Å². The lowest BCUT2D eigenvalue weighted by Gasteiger charge is -2.41. The van der Waals surface area contributed by atoms with Gasteiger partial charge in [0.15, 0.2) is 11.6 Å². The van der Waals surface area contributed by atoms with Crippen molar-refractivity contribution >= 4 is 39.9 Å². The normalized spacial score (nSPS) is 17.2. The number of hydrogen-bond donors (Lipinski definition) is 1. The second-order valence-electron chi connectivity index (χ2n) is 11.6. The van der Waals surface area contributed by atoms with E-state index in [4.69, 9.17) is 11.6 Å². The van der Waals surface area contributed by atoms with E-state index in [9.17, 15) is 14.0 Å². The summed E-state index contributed by atoms with van der Waals surface area (Å²) in [7, 11) is 0. The van der Waals surface area contributed by atoms with E-state index in [-0.39, 0.29) is 70.5 Å². The number of rotatable bonds is 4. The van der Waals surface area contributed by atoms with Crippen LogP contribution in [0.2, 0.25) is 5.02 Å². The summed E-state index contributed by atoms with van der Waals surface area (Å²) < 4.78 is 62.9. The maximum absolute atomic E-state index is 15.8. The van der Waals surface area contributed by atoms with Gasteiger partial charge in [0.1, 0.15) is 5.82 Å². The number of nitrogens with zero attached hydrogens (tertiary/aromatic N) is 5. The molecular formula is C32H29ClF4N6O2. The molecule has 0 unspecified atom stereocenters. The SMILES string of the molecule is C=CC(=O)N1CCN(c2nc(=O)n(-c3c(C)ccnc3C(C)C)c3c4c(c(Cl)cc23)-c2c(ccc(F)c2F)C(F)(F)N4)[C@@H](C)C1. The molecule has 0 bridgehead atoms. The highest BCUT2D eigenvalue weighted by Crippen LogP contribution is 2.53. The molecule has 1 amide bonds. The van der Waals surface area contributed by atoms with Crippen molar-refractivity contribution in [2.45, 2.75) is 45.7 Å². The van der Waals surface area contributed by atoms with Gasteiger partial charge in [-0.2, -0.15) is 13.8 Å². The van der Waals surface area contributed by atoms with Gasteiger partial charge in [-0.3, -0.25) is 14.3 Å². The van der Waals surface area contributed by atoms with Gasteiger partial charge in [0, 0.05) is 48.4 Å². The van der Waals surface area contributed by atoms with E-state index >= 15 is 13.2 Å². The molecule has 4 heterocycles. The Morgan fingerprint density at radius 3 is 2.60 bits per heavy atom. The predicted molar refractivity (Wildman–Crippen MR) is 165 cm³/mol. The van der Waals surface area contributed by atoms with Gasteiger partial charge in [-0.25, -0.2) is 13.6 Å². The Morgan fingerprint density at radius 2 is 1.93 bits per heavy atom. The molecule has 1 atom stereocenters. The van der Waals surface area contributed by atoms with Crippen LogP contribution in [0.4, 0.5) is 29.1 Å². The Balaban J connectivity index is 1.75. The number of halogens is 5. The van der Waals surface area contributed by atoms with Crippen LogP contribution in [0.3, 0.4) is 0 Å². The number of piperazine rings is 1. The predicted octanol–water partition coefficient (Wildman–Crippen LogP) is 6.51. The molecule has 1 fully saturated rings. The molecule has 0 radical (unpaired) electrons. The zero-order valence-corrected chi connectivity index (χ0v) is 25.6. The molecule has 1 N–H and O–H groups in total. The first-order valence-electron chi connectivity index (χ1n) is 14.3. The fourth-order valence-corrected chi connectivity index (χ4v) is 6.60. The number of aromatic nitrogens is 3. The van der Waals surface area contributed by atoms with Gasteiger partial charge in [0.05, 0.1) is 33.2 Å². The second-order valence-corrected chi connectivity index (χ2v) is 12.0. The van der Waals surface area contributed by atoms with E-state index < -0.39 is 34.5 Å². The molecule has 2 aliphatic rings. The Kier molecular flexibility index (Phi) is 7.38. The van der Waals surface area contributed by atoms with Crippen molar-refractivity contribution in [3.05, 3.63) is 87.1 Å². The van der Waals surface area contributed by atoms with E-state index in [1.165, 1.54) is 16.7 Å². The van der Waals surface area contributed by atoms with Crippen molar-refractivity contribution in [1.82, 2.24) is 19.4 Å². The second kappa shape index (κ2) is 10.9. The molecular weight excluding hydrogens is 612 g/mol. The molecule has 45 heavy (non-hydrogen) atoms. The van der Waals surface area contributed by atoms with Crippen LogP contribution in [0, 0.1) is 18.6 Å². The van der Waals surface area contributed by atoms with Crippen LogP contribution in [0.1, 0.15) is 43.5 Å². The van der Waals surface area contributed by atoms with Gasteiger partial charge in [-0.15, -0.1) is 0 Å². The third-order valence-corrected chi connectivity index (χ3v) is 8.68. The highest BCUT2D eigenvalue weighted by Gasteiger charge is 2.44. The molecule has 4 aromatic rings. The summed E-state index contributed by atoms with van der Waals surface area (Å²) in [4.78, 5) is 38.9. The van der Waals surface area contributed by atoms with Crippen molar-refractivity contribution in [1.29, 1.82) is 0 Å². The summed E-state index contributed by atoms with van der Waals surface area (Å²) in [6.07, 6.45) is 2.81. The number of pyridine rings is 1. The van der Waals surface area contributed by atoms with Crippen LogP contribution in [0.15, 0.2) is 47.9 Å². The van der Waals surface area contributed by atoms with Gasteiger partial charge in [-0.1, -0.05) is 32.0 Å². The zero-order valence-electron chi connectivity index (χ0n) is 24.9. The summed E-state index contributed by atoms with van der Waals surface area (Å²) in [5, 5.41) is 2.27. The van der Waals surface area contributed by atoms with E-state index in [0.29, 0.717) is 23.0 Å². The lowest BCUT2D eigenvalue weighted by Crippen LogP contribution is -2.54. The largest absolute Gasteiger partial charge is 0.354 e. The van der Waals surface area contributed by atoms with E-state index in [2.05, 4.69) is 21.9 Å². The third kappa shape index (κ3) is 4.73. The van der Waals surface area contributed by atoms with Gasteiger partial charge < -0.3 is 15.1 Å². The minimum Gasteiger partial charge on any atom is -0.350 e.